The van der Waals surface area contributed by atoms with Crippen LogP contribution in [0.15, 0.2) is 30.3 Å². The predicted octanol–water partition coefficient (Wildman–Crippen LogP) is 2.98. The van der Waals surface area contributed by atoms with Crippen molar-refractivity contribution in [1.29, 1.82) is 0 Å². The second kappa shape index (κ2) is 6.96. The van der Waals surface area contributed by atoms with Crippen LogP contribution in [0.4, 0.5) is 0 Å². The van der Waals surface area contributed by atoms with Crippen LogP contribution in [0.3, 0.4) is 0 Å². The topological polar surface area (TPSA) is 60.0 Å². The number of nitrogens with one attached hydrogen (secondary N) is 1. The first-order valence-corrected chi connectivity index (χ1v) is 7.96. The third-order valence-corrected chi connectivity index (χ3v) is 4.44. The van der Waals surface area contributed by atoms with E-state index in [4.69, 9.17) is 32.7 Å². The van der Waals surface area contributed by atoms with Crippen LogP contribution in [0.5, 0.6) is 0 Å². The standard InChI is InChI=1S/C15H17Cl2N3O2/c16-15(17,11-4-2-1-3-5-11)7-6-12-13(19-20-18-12)10-14-21-8-9-22-14/h1-5,14H,6-10H2,(H,18,19,20). The van der Waals surface area contributed by atoms with Crippen LogP contribution in [0.25, 0.3) is 0 Å². The molecule has 1 aromatic heterocycles. The van der Waals surface area contributed by atoms with E-state index in [-0.39, 0.29) is 6.29 Å². The lowest BCUT2D eigenvalue weighted by Gasteiger charge is -2.19. The molecular formula is C15H17Cl2N3O2. The average Bonchev–Trinajstić information content (AvgIpc) is 3.19. The molecular weight excluding hydrogens is 325 g/mol. The van der Waals surface area contributed by atoms with Gasteiger partial charge < -0.3 is 9.47 Å². The summed E-state index contributed by atoms with van der Waals surface area (Å²) in [5, 5.41) is 11.0. The molecule has 1 saturated heterocycles. The lowest BCUT2D eigenvalue weighted by Crippen LogP contribution is -2.15. The number of benzene rings is 1. The first-order valence-electron chi connectivity index (χ1n) is 7.20. The van der Waals surface area contributed by atoms with E-state index >= 15 is 0 Å². The van der Waals surface area contributed by atoms with Crippen LogP contribution in [0, 0.1) is 0 Å². The molecule has 118 valence electrons. The summed E-state index contributed by atoms with van der Waals surface area (Å²) in [4.78, 5) is 0. The van der Waals surface area contributed by atoms with E-state index in [1.807, 2.05) is 30.3 Å². The molecule has 2 aromatic rings. The van der Waals surface area contributed by atoms with Gasteiger partial charge in [0.15, 0.2) is 6.29 Å². The molecule has 7 heteroatoms. The van der Waals surface area contributed by atoms with Crippen LogP contribution < -0.4 is 0 Å². The number of hydrogen-bond donors (Lipinski definition) is 1. The van der Waals surface area contributed by atoms with Gasteiger partial charge in [0, 0.05) is 6.42 Å². The molecule has 3 rings (SSSR count). The molecule has 0 amide bonds. The zero-order chi connectivity index (χ0) is 15.4. The van der Waals surface area contributed by atoms with Crippen molar-refractivity contribution in [3.05, 3.63) is 47.3 Å². The smallest absolute Gasteiger partial charge is 0.163 e. The molecule has 0 saturated carbocycles. The number of hydrogen-bond acceptors (Lipinski definition) is 4. The highest BCUT2D eigenvalue weighted by atomic mass is 35.5. The van der Waals surface area contributed by atoms with E-state index in [2.05, 4.69) is 15.4 Å². The maximum Gasteiger partial charge on any atom is 0.163 e. The largest absolute Gasteiger partial charge is 0.350 e. The van der Waals surface area contributed by atoms with Crippen molar-refractivity contribution < 1.29 is 9.47 Å². The van der Waals surface area contributed by atoms with Gasteiger partial charge in [0.05, 0.1) is 24.6 Å². The molecule has 1 N–H and O–H groups in total. The Morgan fingerprint density at radius 3 is 2.50 bits per heavy atom. The van der Waals surface area contributed by atoms with E-state index in [1.165, 1.54) is 0 Å². The second-order valence-electron chi connectivity index (χ2n) is 5.16. The number of H-pyrrole nitrogens is 1. The van der Waals surface area contributed by atoms with Gasteiger partial charge >= 0.3 is 0 Å². The van der Waals surface area contributed by atoms with Crippen molar-refractivity contribution in [2.24, 2.45) is 0 Å². The van der Waals surface area contributed by atoms with Crippen molar-refractivity contribution in [2.45, 2.75) is 29.9 Å². The number of nitrogens with zero attached hydrogens (tertiary/aromatic N) is 2. The van der Waals surface area contributed by atoms with Gasteiger partial charge in [-0.1, -0.05) is 53.5 Å². The number of rotatable bonds is 6. The minimum absolute atomic E-state index is 0.241. The first kappa shape index (κ1) is 15.7. The highest BCUT2D eigenvalue weighted by molar-refractivity contribution is 6.48. The predicted molar refractivity (Wildman–Crippen MR) is 83.9 cm³/mol. The van der Waals surface area contributed by atoms with Crippen LogP contribution in [-0.4, -0.2) is 34.9 Å². The molecule has 2 heterocycles. The number of alkyl halides is 2. The number of aryl methyl sites for hydroxylation is 1. The Morgan fingerprint density at radius 1 is 1.09 bits per heavy atom. The van der Waals surface area contributed by atoms with Crippen LogP contribution >= 0.6 is 23.2 Å². The van der Waals surface area contributed by atoms with Gasteiger partial charge in [0.25, 0.3) is 0 Å². The Hall–Kier alpha value is -1.14. The lowest BCUT2D eigenvalue weighted by atomic mass is 10.0. The van der Waals surface area contributed by atoms with Gasteiger partial charge in [0.1, 0.15) is 4.33 Å². The SMILES string of the molecule is ClC(Cl)(CCc1n[nH]nc1CC1OCCO1)c1ccccc1. The Bertz CT molecular complexity index is 598. The van der Waals surface area contributed by atoms with Gasteiger partial charge in [-0.05, 0) is 18.4 Å². The Kier molecular flexibility index (Phi) is 4.98. The summed E-state index contributed by atoms with van der Waals surface area (Å²) in [5.74, 6) is 0. The molecule has 22 heavy (non-hydrogen) atoms. The fraction of sp³-hybridized carbons (Fsp3) is 0.467. The maximum absolute atomic E-state index is 6.46. The zero-order valence-electron chi connectivity index (χ0n) is 12.0. The summed E-state index contributed by atoms with van der Waals surface area (Å²) < 4.78 is 9.93. The molecule has 0 bridgehead atoms. The third kappa shape index (κ3) is 3.79. The summed E-state index contributed by atoms with van der Waals surface area (Å²) >= 11 is 12.9. The molecule has 0 unspecified atom stereocenters. The highest BCUT2D eigenvalue weighted by Gasteiger charge is 2.28. The Morgan fingerprint density at radius 2 is 1.77 bits per heavy atom. The molecule has 5 nitrogen and oxygen atoms in total. The average molecular weight is 342 g/mol. The van der Waals surface area contributed by atoms with Crippen molar-refractivity contribution >= 4 is 23.2 Å². The van der Waals surface area contributed by atoms with Crippen molar-refractivity contribution in [1.82, 2.24) is 15.4 Å². The van der Waals surface area contributed by atoms with Crippen molar-refractivity contribution in [3.8, 4) is 0 Å². The molecule has 1 aliphatic rings. The monoisotopic (exact) mass is 341 g/mol. The number of aromatic amines is 1. The fourth-order valence-electron chi connectivity index (χ4n) is 2.42. The summed E-state index contributed by atoms with van der Waals surface area (Å²) in [6, 6.07) is 9.62. The summed E-state index contributed by atoms with van der Waals surface area (Å²) in [6.07, 6.45) is 1.51. The van der Waals surface area contributed by atoms with Crippen LogP contribution in [0.1, 0.15) is 23.4 Å². The van der Waals surface area contributed by atoms with Crippen molar-refractivity contribution in [3.63, 3.8) is 0 Å². The van der Waals surface area contributed by atoms with Crippen LogP contribution in [-0.2, 0) is 26.6 Å². The number of halogens is 2. The van der Waals surface area contributed by atoms with E-state index in [0.29, 0.717) is 32.5 Å². The lowest BCUT2D eigenvalue weighted by molar-refractivity contribution is -0.0407. The molecule has 0 aliphatic carbocycles. The fourth-order valence-corrected chi connectivity index (χ4v) is 2.86. The molecule has 0 spiro atoms. The Labute approximate surface area is 138 Å². The first-order chi connectivity index (χ1) is 10.6. The van der Waals surface area contributed by atoms with E-state index in [9.17, 15) is 0 Å². The van der Waals surface area contributed by atoms with Gasteiger partial charge in [-0.15, -0.1) is 0 Å². The highest BCUT2D eigenvalue weighted by Crippen LogP contribution is 2.38. The zero-order valence-corrected chi connectivity index (χ0v) is 13.5. The van der Waals surface area contributed by atoms with E-state index in [0.717, 1.165) is 17.0 Å². The Balaban J connectivity index is 1.63. The van der Waals surface area contributed by atoms with Gasteiger partial charge in [0.2, 0.25) is 0 Å². The van der Waals surface area contributed by atoms with Gasteiger partial charge in [-0.2, -0.15) is 15.4 Å². The molecule has 0 atom stereocenters. The molecule has 1 aliphatic heterocycles. The normalized spacial score (nSPS) is 16.3. The molecule has 1 aromatic carbocycles. The summed E-state index contributed by atoms with van der Waals surface area (Å²) in [6.45, 7) is 1.25. The minimum atomic E-state index is -0.947. The minimum Gasteiger partial charge on any atom is -0.350 e. The summed E-state index contributed by atoms with van der Waals surface area (Å²) in [7, 11) is 0. The molecule has 1 fully saturated rings. The van der Waals surface area contributed by atoms with E-state index < -0.39 is 4.33 Å². The molecule has 0 radical (unpaired) electrons. The van der Waals surface area contributed by atoms with Gasteiger partial charge in [-0.25, -0.2) is 0 Å². The van der Waals surface area contributed by atoms with Crippen LogP contribution in [0.2, 0.25) is 0 Å². The third-order valence-electron chi connectivity index (χ3n) is 3.63. The quantitative estimate of drug-likeness (QED) is 0.820. The summed E-state index contributed by atoms with van der Waals surface area (Å²) in [5.41, 5.74) is 2.57. The second-order valence-corrected chi connectivity index (χ2v) is 6.65. The number of aromatic nitrogens is 3. The number of ether oxygens (including phenoxy) is 2. The van der Waals surface area contributed by atoms with E-state index in [1.54, 1.807) is 0 Å². The van der Waals surface area contributed by atoms with Crippen molar-refractivity contribution in [2.75, 3.05) is 13.2 Å². The van der Waals surface area contributed by atoms with Gasteiger partial charge in [-0.3, -0.25) is 0 Å². The maximum atomic E-state index is 6.46.